The fourth-order valence-corrected chi connectivity index (χ4v) is 2.46. The molecule has 0 saturated heterocycles. The average molecular weight is 657 g/mol. The molecule has 40 heavy (non-hydrogen) atoms. The van der Waals surface area contributed by atoms with Crippen molar-refractivity contribution in [1.29, 1.82) is 0 Å². The number of hydrogen-bond donors (Lipinski definition) is 1. The van der Waals surface area contributed by atoms with Gasteiger partial charge in [0.05, 0.1) is 0 Å². The summed E-state index contributed by atoms with van der Waals surface area (Å²) in [5.41, 5.74) is -1.05. The predicted molar refractivity (Wildman–Crippen MR) is 88.2 cm³/mol. The highest BCUT2D eigenvalue weighted by Crippen LogP contribution is 2.66. The molecular weight excluding hydrogens is 652 g/mol. The normalized spacial score (nSPS) is 15.7. The minimum atomic E-state index is -9.19. The highest BCUT2D eigenvalue weighted by molar-refractivity contribution is 6.22. The molecular formula is C16H5ClF20N2O. The zero-order valence-corrected chi connectivity index (χ0v) is 18.4. The van der Waals surface area contributed by atoms with Crippen LogP contribution < -0.4 is 5.32 Å². The number of alkyl halides is 21. The van der Waals surface area contributed by atoms with Crippen molar-refractivity contribution in [2.24, 2.45) is 0 Å². The molecule has 0 unspecified atom stereocenters. The third-order valence-corrected chi connectivity index (χ3v) is 4.97. The number of nitrogens with zero attached hydrogens (tertiary/aromatic N) is 1. The number of anilines is 1. The smallest absolute Gasteiger partial charge is 0.321 e. The minimum absolute atomic E-state index is 0.440. The Kier molecular flexibility index (Phi) is 8.47. The molecule has 0 aliphatic rings. The molecule has 0 aliphatic heterocycles. The van der Waals surface area contributed by atoms with Gasteiger partial charge in [-0.1, -0.05) is 0 Å². The first-order valence-corrected chi connectivity index (χ1v) is 9.31. The molecule has 0 radical (unpaired) electrons. The summed E-state index contributed by atoms with van der Waals surface area (Å²) >= 11 is 3.32. The maximum Gasteiger partial charge on any atom is 0.393 e. The standard InChI is InChI=1S/C16H5ClF20N2O/c17-16(36,37)15(34,35)14(32,33)13(30,31)12(28,29)11(26,27)10(24,25)9(22,23)8(20,21)7(18,19)6(40)39-5-1-3-38-4-2-5/h1-4H,(H,38,39,40). The second kappa shape index (κ2) is 9.53. The second-order valence-corrected chi connectivity index (χ2v) is 7.83. The number of amides is 1. The third kappa shape index (κ3) is 4.54. The van der Waals surface area contributed by atoms with E-state index in [4.69, 9.17) is 0 Å². The molecule has 1 amide bonds. The number of nitrogens with one attached hydrogen (secondary N) is 1. The Labute approximate surface area is 210 Å². The van der Waals surface area contributed by atoms with Crippen LogP contribution in [-0.2, 0) is 4.79 Å². The van der Waals surface area contributed by atoms with E-state index >= 15 is 0 Å². The summed E-state index contributed by atoms with van der Waals surface area (Å²) in [5, 5.41) is -6.43. The predicted octanol–water partition coefficient (Wildman–Crippen LogP) is 7.57. The van der Waals surface area contributed by atoms with Crippen LogP contribution in [0.4, 0.5) is 93.5 Å². The number of aromatic nitrogens is 1. The lowest BCUT2D eigenvalue weighted by atomic mass is 9.86. The van der Waals surface area contributed by atoms with Crippen molar-refractivity contribution in [1.82, 2.24) is 4.98 Å². The Morgan fingerprint density at radius 2 is 0.800 bits per heavy atom. The van der Waals surface area contributed by atoms with Crippen molar-refractivity contribution in [3.05, 3.63) is 24.5 Å². The van der Waals surface area contributed by atoms with Crippen molar-refractivity contribution < 1.29 is 92.6 Å². The topological polar surface area (TPSA) is 42.0 Å². The van der Waals surface area contributed by atoms with Crippen molar-refractivity contribution in [3.63, 3.8) is 0 Å². The fraction of sp³-hybridized carbons (Fsp3) is 0.625. The van der Waals surface area contributed by atoms with Gasteiger partial charge in [0.2, 0.25) is 0 Å². The number of rotatable bonds is 11. The molecule has 0 spiro atoms. The maximum absolute atomic E-state index is 13.8. The van der Waals surface area contributed by atoms with E-state index in [-0.39, 0.29) is 0 Å². The first-order chi connectivity index (χ1) is 17.2. The number of halogens is 21. The SMILES string of the molecule is O=C(Nc1ccncc1)C(F)(F)C(F)(F)C(F)(F)C(F)(F)C(F)(F)C(F)(F)C(F)(F)C(F)(F)C(F)(F)C(F)(F)Cl. The van der Waals surface area contributed by atoms with Crippen LogP contribution in [0.2, 0.25) is 0 Å². The Balaban J connectivity index is 3.72. The Bertz CT molecular complexity index is 1080. The van der Waals surface area contributed by atoms with E-state index in [1.165, 1.54) is 0 Å². The molecule has 24 heteroatoms. The molecule has 1 N–H and O–H groups in total. The van der Waals surface area contributed by atoms with E-state index in [1.807, 2.05) is 0 Å². The van der Waals surface area contributed by atoms with Crippen LogP contribution in [-0.4, -0.2) is 69.6 Å². The van der Waals surface area contributed by atoms with Gasteiger partial charge >= 0.3 is 64.6 Å². The van der Waals surface area contributed by atoms with Crippen molar-refractivity contribution in [2.75, 3.05) is 5.32 Å². The molecule has 0 aromatic carbocycles. The van der Waals surface area contributed by atoms with Crippen molar-refractivity contribution >= 4 is 23.2 Å². The molecule has 1 aromatic heterocycles. The molecule has 1 heterocycles. The largest absolute Gasteiger partial charge is 0.393 e. The first-order valence-electron chi connectivity index (χ1n) is 8.93. The Morgan fingerprint density at radius 1 is 0.525 bits per heavy atom. The van der Waals surface area contributed by atoms with E-state index in [1.54, 1.807) is 0 Å². The van der Waals surface area contributed by atoms with Gasteiger partial charge in [-0.2, -0.15) is 87.8 Å². The Morgan fingerprint density at radius 3 is 1.10 bits per heavy atom. The average Bonchev–Trinajstić information content (AvgIpc) is 2.77. The van der Waals surface area contributed by atoms with Gasteiger partial charge in [0, 0.05) is 18.1 Å². The minimum Gasteiger partial charge on any atom is -0.321 e. The van der Waals surface area contributed by atoms with Gasteiger partial charge in [-0.05, 0) is 23.7 Å². The van der Waals surface area contributed by atoms with Crippen LogP contribution >= 0.6 is 11.6 Å². The lowest BCUT2D eigenvalue weighted by Gasteiger charge is -2.44. The molecule has 0 atom stereocenters. The Hall–Kier alpha value is -2.49. The fourth-order valence-electron chi connectivity index (χ4n) is 2.35. The second-order valence-electron chi connectivity index (χ2n) is 7.36. The van der Waals surface area contributed by atoms with Crippen LogP contribution in [0.15, 0.2) is 24.5 Å². The summed E-state index contributed by atoms with van der Waals surface area (Å²) in [4.78, 5) is 14.5. The van der Waals surface area contributed by atoms with Gasteiger partial charge in [0.25, 0.3) is 0 Å². The number of carbonyl (C=O) groups excluding carboxylic acids is 1. The number of hydrogen-bond acceptors (Lipinski definition) is 2. The highest BCUT2D eigenvalue weighted by atomic mass is 35.5. The lowest BCUT2D eigenvalue weighted by Crippen LogP contribution is -2.77. The molecule has 0 saturated carbocycles. The molecule has 1 rings (SSSR count). The van der Waals surface area contributed by atoms with E-state index in [9.17, 15) is 92.6 Å². The van der Waals surface area contributed by atoms with Gasteiger partial charge in [-0.15, -0.1) is 0 Å². The summed E-state index contributed by atoms with van der Waals surface area (Å²) in [6.07, 6.45) is 1.19. The van der Waals surface area contributed by atoms with E-state index in [0.29, 0.717) is 29.8 Å². The lowest BCUT2D eigenvalue weighted by molar-refractivity contribution is -0.464. The van der Waals surface area contributed by atoms with Gasteiger partial charge in [0.1, 0.15) is 0 Å². The molecule has 232 valence electrons. The summed E-state index contributed by atoms with van der Waals surface area (Å²) in [7, 11) is 0. The summed E-state index contributed by atoms with van der Waals surface area (Å²) in [6, 6.07) is 0.881. The van der Waals surface area contributed by atoms with Gasteiger partial charge in [-0.25, -0.2) is 0 Å². The first kappa shape index (κ1) is 35.5. The molecule has 0 fully saturated rings. The highest BCUT2D eigenvalue weighted by Gasteiger charge is 2.98. The van der Waals surface area contributed by atoms with Crippen molar-refractivity contribution in [2.45, 2.75) is 58.7 Å². The zero-order chi connectivity index (χ0) is 32.4. The summed E-state index contributed by atoms with van der Waals surface area (Å²) in [5.74, 6) is -81.4. The van der Waals surface area contributed by atoms with E-state index < -0.39 is 70.3 Å². The third-order valence-electron chi connectivity index (χ3n) is 4.73. The van der Waals surface area contributed by atoms with Crippen LogP contribution in [0.25, 0.3) is 0 Å². The van der Waals surface area contributed by atoms with Gasteiger partial charge in [-0.3, -0.25) is 9.78 Å². The molecule has 1 aromatic rings. The summed E-state index contributed by atoms with van der Waals surface area (Å²) < 4.78 is 269. The van der Waals surface area contributed by atoms with Crippen LogP contribution in [0.1, 0.15) is 0 Å². The van der Waals surface area contributed by atoms with Gasteiger partial charge in [0.15, 0.2) is 0 Å². The monoisotopic (exact) mass is 656 g/mol. The molecule has 3 nitrogen and oxygen atoms in total. The van der Waals surface area contributed by atoms with E-state index in [0.717, 1.165) is 0 Å². The quantitative estimate of drug-likeness (QED) is 0.197. The van der Waals surface area contributed by atoms with E-state index in [2.05, 4.69) is 16.6 Å². The molecule has 0 bridgehead atoms. The zero-order valence-electron chi connectivity index (χ0n) is 17.6. The number of carbonyl (C=O) groups is 1. The van der Waals surface area contributed by atoms with Crippen LogP contribution in [0, 0.1) is 0 Å². The molecule has 0 aliphatic carbocycles. The van der Waals surface area contributed by atoms with Gasteiger partial charge < -0.3 is 5.32 Å². The van der Waals surface area contributed by atoms with Crippen molar-refractivity contribution in [3.8, 4) is 0 Å². The maximum atomic E-state index is 13.8. The van der Waals surface area contributed by atoms with Crippen LogP contribution in [0.3, 0.4) is 0 Å². The van der Waals surface area contributed by atoms with Crippen LogP contribution in [0.5, 0.6) is 0 Å². The summed E-state index contributed by atoms with van der Waals surface area (Å²) in [6.45, 7) is 0. The number of pyridine rings is 1.